The Morgan fingerprint density at radius 3 is 2.14 bits per heavy atom. The van der Waals surface area contributed by atoms with Crippen LogP contribution in [0, 0.1) is 0 Å². The number of aliphatic imine (C=N–C) groups is 1. The number of ether oxygens (including phenoxy) is 1. The number of guanidine groups is 1. The first-order valence-corrected chi connectivity index (χ1v) is 11.2. The molecule has 0 unspecified atom stereocenters. The van der Waals surface area contributed by atoms with Crippen LogP contribution in [0.4, 0.5) is 0 Å². The average molecular weight is 404 g/mol. The number of nitrogens with zero attached hydrogens (tertiary/aromatic N) is 1. The first-order chi connectivity index (χ1) is 13.3. The van der Waals surface area contributed by atoms with Crippen LogP contribution in [0.2, 0.25) is 0 Å². The number of hydrogen-bond donors (Lipinski definition) is 2. The predicted molar refractivity (Wildman–Crippen MR) is 114 cm³/mol. The van der Waals surface area contributed by atoms with Gasteiger partial charge in [0.25, 0.3) is 0 Å². The van der Waals surface area contributed by atoms with Gasteiger partial charge >= 0.3 is 0 Å². The number of hydrogen-bond acceptors (Lipinski definition) is 4. The van der Waals surface area contributed by atoms with Crippen LogP contribution in [-0.2, 0) is 22.8 Å². The van der Waals surface area contributed by atoms with E-state index in [2.05, 4.69) is 15.6 Å². The maximum atomic E-state index is 11.5. The zero-order valence-electron chi connectivity index (χ0n) is 16.9. The Balaban J connectivity index is 1.78. The monoisotopic (exact) mass is 403 g/mol. The van der Waals surface area contributed by atoms with Gasteiger partial charge < -0.3 is 15.4 Å². The maximum Gasteiger partial charge on any atom is 0.191 e. The lowest BCUT2D eigenvalue weighted by Gasteiger charge is -2.13. The molecular formula is C21H29N3O3S. The molecule has 6 nitrogen and oxygen atoms in total. The van der Waals surface area contributed by atoms with E-state index in [1.165, 1.54) is 6.26 Å². The highest BCUT2D eigenvalue weighted by Crippen LogP contribution is 2.13. The minimum absolute atomic E-state index is 0.162. The van der Waals surface area contributed by atoms with Crippen molar-refractivity contribution < 1.29 is 13.2 Å². The molecule has 2 N–H and O–H groups in total. The Labute approximate surface area is 168 Å². The van der Waals surface area contributed by atoms with E-state index in [-0.39, 0.29) is 6.10 Å². The van der Waals surface area contributed by atoms with E-state index >= 15 is 0 Å². The van der Waals surface area contributed by atoms with E-state index in [0.717, 1.165) is 29.3 Å². The third-order valence-electron chi connectivity index (χ3n) is 4.04. The van der Waals surface area contributed by atoms with Crippen molar-refractivity contribution in [3.05, 3.63) is 59.7 Å². The summed E-state index contributed by atoms with van der Waals surface area (Å²) in [6.07, 6.45) is 2.14. The third kappa shape index (κ3) is 7.23. The molecule has 0 fully saturated rings. The van der Waals surface area contributed by atoms with E-state index in [4.69, 9.17) is 4.74 Å². The molecule has 0 aliphatic heterocycles. The molecule has 0 aliphatic carbocycles. The average Bonchev–Trinajstić information content (AvgIpc) is 2.65. The molecule has 0 aliphatic rings. The highest BCUT2D eigenvalue weighted by atomic mass is 32.2. The summed E-state index contributed by atoms with van der Waals surface area (Å²) in [5.41, 5.74) is 2.20. The van der Waals surface area contributed by atoms with E-state index < -0.39 is 9.84 Å². The number of rotatable bonds is 8. The quantitative estimate of drug-likeness (QED) is 0.523. The van der Waals surface area contributed by atoms with Crippen LogP contribution in [0.25, 0.3) is 0 Å². The second-order valence-electron chi connectivity index (χ2n) is 6.83. The lowest BCUT2D eigenvalue weighted by Crippen LogP contribution is -2.37. The van der Waals surface area contributed by atoms with Gasteiger partial charge in [-0.25, -0.2) is 8.42 Å². The zero-order valence-corrected chi connectivity index (χ0v) is 17.7. The fourth-order valence-corrected chi connectivity index (χ4v) is 3.22. The Morgan fingerprint density at radius 1 is 1.00 bits per heavy atom. The third-order valence-corrected chi connectivity index (χ3v) is 5.16. The van der Waals surface area contributed by atoms with Crippen LogP contribution in [0.1, 0.15) is 25.0 Å². The maximum absolute atomic E-state index is 11.5. The van der Waals surface area contributed by atoms with Crippen molar-refractivity contribution in [3.63, 3.8) is 0 Å². The SMILES string of the molecule is CN=C(NCCc1ccc(S(C)(=O)=O)cc1)NCc1ccc(OC(C)C)cc1. The second-order valence-corrected chi connectivity index (χ2v) is 8.84. The van der Waals surface area contributed by atoms with Gasteiger partial charge in [0.05, 0.1) is 11.0 Å². The van der Waals surface area contributed by atoms with Crippen molar-refractivity contribution in [2.24, 2.45) is 4.99 Å². The fraction of sp³-hybridized carbons (Fsp3) is 0.381. The largest absolute Gasteiger partial charge is 0.491 e. The molecule has 2 aromatic rings. The van der Waals surface area contributed by atoms with Gasteiger partial charge in [0.1, 0.15) is 5.75 Å². The number of sulfone groups is 1. The van der Waals surface area contributed by atoms with Gasteiger partial charge in [0.2, 0.25) is 0 Å². The van der Waals surface area contributed by atoms with Gasteiger partial charge in [-0.15, -0.1) is 0 Å². The lowest BCUT2D eigenvalue weighted by atomic mass is 10.1. The standard InChI is InChI=1S/C21H29N3O3S/c1-16(2)27-19-9-5-18(6-10-19)15-24-21(22-3)23-14-13-17-7-11-20(12-8-17)28(4,25)26/h5-12,16H,13-15H2,1-4H3,(H2,22,23,24). The molecule has 0 amide bonds. The Bertz CT molecular complexity index is 874. The van der Waals surface area contributed by atoms with Crippen molar-refractivity contribution in [3.8, 4) is 5.75 Å². The van der Waals surface area contributed by atoms with Gasteiger partial charge in [0.15, 0.2) is 15.8 Å². The Hall–Kier alpha value is -2.54. The molecule has 0 aromatic heterocycles. The molecule has 0 spiro atoms. The van der Waals surface area contributed by atoms with E-state index in [0.29, 0.717) is 18.0 Å². The molecule has 152 valence electrons. The van der Waals surface area contributed by atoms with Gasteiger partial charge in [-0.05, 0) is 55.7 Å². The predicted octanol–water partition coefficient (Wildman–Crippen LogP) is 2.79. The van der Waals surface area contributed by atoms with Crippen molar-refractivity contribution in [2.45, 2.75) is 37.8 Å². The van der Waals surface area contributed by atoms with Crippen molar-refractivity contribution in [1.29, 1.82) is 0 Å². The van der Waals surface area contributed by atoms with E-state index in [9.17, 15) is 8.42 Å². The van der Waals surface area contributed by atoms with Crippen molar-refractivity contribution in [2.75, 3.05) is 19.8 Å². The van der Waals surface area contributed by atoms with Gasteiger partial charge in [-0.3, -0.25) is 4.99 Å². The number of benzene rings is 2. The second kappa shape index (κ2) is 10.1. The molecule has 0 bridgehead atoms. The topological polar surface area (TPSA) is 79.8 Å². The van der Waals surface area contributed by atoms with Gasteiger partial charge in [-0.1, -0.05) is 24.3 Å². The summed E-state index contributed by atoms with van der Waals surface area (Å²) in [5.74, 6) is 1.58. The number of nitrogens with one attached hydrogen (secondary N) is 2. The highest BCUT2D eigenvalue weighted by Gasteiger charge is 2.06. The van der Waals surface area contributed by atoms with E-state index in [1.807, 2.05) is 50.2 Å². The van der Waals surface area contributed by atoms with Crippen LogP contribution >= 0.6 is 0 Å². The van der Waals surface area contributed by atoms with Gasteiger partial charge in [-0.2, -0.15) is 0 Å². The molecule has 2 aromatic carbocycles. The molecule has 0 saturated carbocycles. The fourth-order valence-electron chi connectivity index (χ4n) is 2.59. The molecule has 28 heavy (non-hydrogen) atoms. The van der Waals surface area contributed by atoms with Crippen LogP contribution in [-0.4, -0.2) is 40.3 Å². The molecule has 0 saturated heterocycles. The van der Waals surface area contributed by atoms with Crippen LogP contribution < -0.4 is 15.4 Å². The minimum Gasteiger partial charge on any atom is -0.491 e. The molecule has 2 rings (SSSR count). The molecule has 0 atom stereocenters. The summed E-state index contributed by atoms with van der Waals surface area (Å²) in [5, 5.41) is 6.55. The summed E-state index contributed by atoms with van der Waals surface area (Å²) in [4.78, 5) is 4.57. The van der Waals surface area contributed by atoms with Crippen LogP contribution in [0.15, 0.2) is 58.4 Å². The summed E-state index contributed by atoms with van der Waals surface area (Å²) >= 11 is 0. The lowest BCUT2D eigenvalue weighted by molar-refractivity contribution is 0.242. The van der Waals surface area contributed by atoms with Crippen LogP contribution in [0.3, 0.4) is 0 Å². The smallest absolute Gasteiger partial charge is 0.191 e. The summed E-state index contributed by atoms with van der Waals surface area (Å²) in [6.45, 7) is 5.36. The van der Waals surface area contributed by atoms with Crippen molar-refractivity contribution in [1.82, 2.24) is 10.6 Å². The summed E-state index contributed by atoms with van der Waals surface area (Å²) in [7, 11) is -1.42. The molecular weight excluding hydrogens is 374 g/mol. The highest BCUT2D eigenvalue weighted by molar-refractivity contribution is 7.90. The minimum atomic E-state index is -3.15. The van der Waals surface area contributed by atoms with E-state index in [1.54, 1.807) is 19.2 Å². The Kier molecular flexibility index (Phi) is 7.87. The Morgan fingerprint density at radius 2 is 1.61 bits per heavy atom. The molecule has 0 radical (unpaired) electrons. The normalized spacial score (nSPS) is 12.1. The molecule has 0 heterocycles. The first-order valence-electron chi connectivity index (χ1n) is 9.27. The van der Waals surface area contributed by atoms with Crippen LogP contribution in [0.5, 0.6) is 5.75 Å². The summed E-state index contributed by atoms with van der Waals surface area (Å²) < 4.78 is 28.6. The van der Waals surface area contributed by atoms with Crippen molar-refractivity contribution >= 4 is 15.8 Å². The molecule has 7 heteroatoms. The van der Waals surface area contributed by atoms with Gasteiger partial charge in [0, 0.05) is 26.4 Å². The summed E-state index contributed by atoms with van der Waals surface area (Å²) in [6, 6.07) is 15.0. The first kappa shape index (κ1) is 21.8. The zero-order chi connectivity index (χ0) is 20.6.